The molecule has 0 aliphatic carbocycles. The van der Waals surface area contributed by atoms with E-state index in [4.69, 9.17) is 0 Å². The zero-order valence-corrected chi connectivity index (χ0v) is 7.94. The van der Waals surface area contributed by atoms with E-state index < -0.39 is 0 Å². The third-order valence-corrected chi connectivity index (χ3v) is 2.69. The van der Waals surface area contributed by atoms with E-state index in [9.17, 15) is 4.39 Å². The van der Waals surface area contributed by atoms with Gasteiger partial charge in [-0.2, -0.15) is 4.37 Å². The van der Waals surface area contributed by atoms with Crippen molar-refractivity contribution in [1.29, 1.82) is 0 Å². The lowest BCUT2D eigenvalue weighted by Crippen LogP contribution is -1.74. The molecule has 0 saturated heterocycles. The van der Waals surface area contributed by atoms with Gasteiger partial charge in [0, 0.05) is 0 Å². The molecule has 2 rings (SSSR count). The Morgan fingerprint density at radius 2 is 1.92 bits per heavy atom. The number of aromatic nitrogens is 1. The fourth-order valence-corrected chi connectivity index (χ4v) is 1.87. The highest BCUT2D eigenvalue weighted by Gasteiger charge is 2.01. The van der Waals surface area contributed by atoms with E-state index in [1.165, 1.54) is 23.7 Å². The maximum Gasteiger partial charge on any atom is 0.123 e. The van der Waals surface area contributed by atoms with Gasteiger partial charge in [0.05, 0.1) is 10.6 Å². The minimum absolute atomic E-state index is 0.204. The second kappa shape index (κ2) is 3.26. The summed E-state index contributed by atoms with van der Waals surface area (Å²) in [6.45, 7) is 1.95. The highest BCUT2D eigenvalue weighted by atomic mass is 32.1. The molecular weight excluding hydrogens is 185 g/mol. The van der Waals surface area contributed by atoms with Crippen molar-refractivity contribution in [2.24, 2.45) is 0 Å². The Balaban J connectivity index is 2.41. The zero-order chi connectivity index (χ0) is 9.26. The zero-order valence-electron chi connectivity index (χ0n) is 7.12. The van der Waals surface area contributed by atoms with Crippen LogP contribution in [0.3, 0.4) is 0 Å². The Morgan fingerprint density at radius 3 is 2.46 bits per heavy atom. The molecule has 0 N–H and O–H groups in total. The highest BCUT2D eigenvalue weighted by molar-refractivity contribution is 7.09. The van der Waals surface area contributed by atoms with Crippen LogP contribution in [0.5, 0.6) is 0 Å². The predicted molar refractivity (Wildman–Crippen MR) is 52.2 cm³/mol. The number of aryl methyl sites for hydroxylation is 1. The number of nitrogens with zero attached hydrogens (tertiary/aromatic N) is 1. The van der Waals surface area contributed by atoms with Crippen LogP contribution in [-0.4, -0.2) is 4.37 Å². The molecule has 0 saturated carbocycles. The first-order valence-corrected chi connectivity index (χ1v) is 4.72. The van der Waals surface area contributed by atoms with E-state index in [0.29, 0.717) is 0 Å². The summed E-state index contributed by atoms with van der Waals surface area (Å²) in [6, 6.07) is 8.46. The molecule has 0 spiro atoms. The van der Waals surface area contributed by atoms with Gasteiger partial charge in [0.25, 0.3) is 0 Å². The SMILES string of the molecule is Cc1cc(-c2ccc(F)cc2)sn1. The number of hydrogen-bond donors (Lipinski definition) is 0. The summed E-state index contributed by atoms with van der Waals surface area (Å²) in [7, 11) is 0. The summed E-state index contributed by atoms with van der Waals surface area (Å²) < 4.78 is 16.8. The summed E-state index contributed by atoms with van der Waals surface area (Å²) in [4.78, 5) is 1.08. The summed E-state index contributed by atoms with van der Waals surface area (Å²) in [5.74, 6) is -0.204. The van der Waals surface area contributed by atoms with Crippen molar-refractivity contribution in [2.45, 2.75) is 6.92 Å². The van der Waals surface area contributed by atoms with Crippen molar-refractivity contribution in [2.75, 3.05) is 0 Å². The summed E-state index contributed by atoms with van der Waals surface area (Å²) >= 11 is 1.44. The van der Waals surface area contributed by atoms with Crippen LogP contribution in [0.2, 0.25) is 0 Å². The van der Waals surface area contributed by atoms with Crippen molar-refractivity contribution < 1.29 is 4.39 Å². The number of hydrogen-bond acceptors (Lipinski definition) is 2. The van der Waals surface area contributed by atoms with Gasteiger partial charge >= 0.3 is 0 Å². The van der Waals surface area contributed by atoms with Gasteiger partial charge < -0.3 is 0 Å². The van der Waals surface area contributed by atoms with Crippen molar-refractivity contribution in [3.63, 3.8) is 0 Å². The molecule has 1 aromatic carbocycles. The molecule has 13 heavy (non-hydrogen) atoms. The van der Waals surface area contributed by atoms with E-state index in [1.54, 1.807) is 12.1 Å². The summed E-state index contributed by atoms with van der Waals surface area (Å²) in [6.07, 6.45) is 0. The molecule has 66 valence electrons. The number of halogens is 1. The van der Waals surface area contributed by atoms with Crippen LogP contribution in [-0.2, 0) is 0 Å². The van der Waals surface area contributed by atoms with E-state index in [2.05, 4.69) is 4.37 Å². The lowest BCUT2D eigenvalue weighted by atomic mass is 10.2. The van der Waals surface area contributed by atoms with E-state index >= 15 is 0 Å². The first-order chi connectivity index (χ1) is 6.25. The van der Waals surface area contributed by atoms with E-state index in [-0.39, 0.29) is 5.82 Å². The van der Waals surface area contributed by atoms with Crippen LogP contribution >= 0.6 is 11.5 Å². The molecule has 2 aromatic rings. The molecule has 0 aliphatic heterocycles. The van der Waals surface area contributed by atoms with Gasteiger partial charge in [0.15, 0.2) is 0 Å². The highest BCUT2D eigenvalue weighted by Crippen LogP contribution is 2.24. The fourth-order valence-electron chi connectivity index (χ4n) is 1.11. The number of benzene rings is 1. The lowest BCUT2D eigenvalue weighted by Gasteiger charge is -1.94. The Hall–Kier alpha value is -1.22. The van der Waals surface area contributed by atoms with Crippen LogP contribution in [0.4, 0.5) is 4.39 Å². The van der Waals surface area contributed by atoms with E-state index in [1.807, 2.05) is 13.0 Å². The lowest BCUT2D eigenvalue weighted by molar-refractivity contribution is 0.628. The summed E-state index contributed by atoms with van der Waals surface area (Å²) in [5.41, 5.74) is 2.02. The van der Waals surface area contributed by atoms with Crippen molar-refractivity contribution in [3.05, 3.63) is 41.8 Å². The molecule has 0 bridgehead atoms. The first kappa shape index (κ1) is 8.38. The van der Waals surface area contributed by atoms with Gasteiger partial charge in [-0.1, -0.05) is 12.1 Å². The van der Waals surface area contributed by atoms with Crippen molar-refractivity contribution in [3.8, 4) is 10.4 Å². The van der Waals surface area contributed by atoms with Gasteiger partial charge in [-0.05, 0) is 42.2 Å². The van der Waals surface area contributed by atoms with Gasteiger partial charge in [-0.3, -0.25) is 0 Å². The quantitative estimate of drug-likeness (QED) is 0.677. The van der Waals surface area contributed by atoms with E-state index in [0.717, 1.165) is 16.1 Å². The standard InChI is InChI=1S/C10H8FNS/c1-7-6-10(13-12-7)8-2-4-9(11)5-3-8/h2-6H,1H3. The predicted octanol–water partition coefficient (Wildman–Crippen LogP) is 3.26. The molecule has 0 amide bonds. The Morgan fingerprint density at radius 1 is 1.23 bits per heavy atom. The minimum Gasteiger partial charge on any atom is -0.207 e. The molecule has 0 atom stereocenters. The van der Waals surface area contributed by atoms with Crippen molar-refractivity contribution >= 4 is 11.5 Å². The van der Waals surface area contributed by atoms with Crippen LogP contribution < -0.4 is 0 Å². The molecule has 3 heteroatoms. The number of rotatable bonds is 1. The molecule has 0 aliphatic rings. The van der Waals surface area contributed by atoms with Crippen LogP contribution in [0.15, 0.2) is 30.3 Å². The second-order valence-corrected chi connectivity index (χ2v) is 3.64. The Labute approximate surface area is 80.0 Å². The topological polar surface area (TPSA) is 12.9 Å². The average Bonchev–Trinajstić information content (AvgIpc) is 2.53. The largest absolute Gasteiger partial charge is 0.207 e. The van der Waals surface area contributed by atoms with Gasteiger partial charge in [0.1, 0.15) is 5.82 Å². The van der Waals surface area contributed by atoms with Crippen LogP contribution in [0, 0.1) is 12.7 Å². The van der Waals surface area contributed by atoms with Gasteiger partial charge in [-0.15, -0.1) is 0 Å². The summed E-state index contributed by atoms with van der Waals surface area (Å²) in [5, 5.41) is 0. The molecule has 0 fully saturated rings. The third-order valence-electron chi connectivity index (χ3n) is 1.76. The Kier molecular flexibility index (Phi) is 2.10. The molecule has 0 unspecified atom stereocenters. The average molecular weight is 193 g/mol. The van der Waals surface area contributed by atoms with Gasteiger partial charge in [-0.25, -0.2) is 4.39 Å². The maximum absolute atomic E-state index is 12.6. The van der Waals surface area contributed by atoms with Crippen LogP contribution in [0.1, 0.15) is 5.69 Å². The molecule has 1 aromatic heterocycles. The fraction of sp³-hybridized carbons (Fsp3) is 0.100. The maximum atomic E-state index is 12.6. The van der Waals surface area contributed by atoms with Crippen molar-refractivity contribution in [1.82, 2.24) is 4.37 Å². The second-order valence-electron chi connectivity index (χ2n) is 2.84. The monoisotopic (exact) mass is 193 g/mol. The first-order valence-electron chi connectivity index (χ1n) is 3.95. The van der Waals surface area contributed by atoms with Crippen LogP contribution in [0.25, 0.3) is 10.4 Å². The molecule has 1 nitrogen and oxygen atoms in total. The normalized spacial score (nSPS) is 10.3. The Bertz CT molecular complexity index is 405. The molecule has 1 heterocycles. The molecule has 0 radical (unpaired) electrons. The smallest absolute Gasteiger partial charge is 0.123 e. The third kappa shape index (κ3) is 1.75. The molecular formula is C10H8FNS. The minimum atomic E-state index is -0.204. The van der Waals surface area contributed by atoms with Gasteiger partial charge in [0.2, 0.25) is 0 Å².